The maximum atomic E-state index is 13.2. The molecule has 2 aromatic carbocycles. The first-order valence-electron chi connectivity index (χ1n) is 9.07. The summed E-state index contributed by atoms with van der Waals surface area (Å²) in [6, 6.07) is 13.2. The van der Waals surface area contributed by atoms with Crippen LogP contribution in [0.15, 0.2) is 53.3 Å². The maximum Gasteiger partial charge on any atom is 0.258 e. The van der Waals surface area contributed by atoms with E-state index in [1.165, 1.54) is 12.1 Å². The van der Waals surface area contributed by atoms with Gasteiger partial charge in [0, 0.05) is 13.0 Å². The number of carbonyl (C=O) groups excluding carboxylic acids is 1. The highest BCUT2D eigenvalue weighted by atomic mass is 19.1. The van der Waals surface area contributed by atoms with E-state index in [0.29, 0.717) is 29.7 Å². The molecule has 0 bridgehead atoms. The largest absolute Gasteiger partial charge is 0.331 e. The number of carbonyl (C=O) groups is 1. The summed E-state index contributed by atoms with van der Waals surface area (Å²) >= 11 is 0. The van der Waals surface area contributed by atoms with Crippen LogP contribution in [0.1, 0.15) is 37.6 Å². The van der Waals surface area contributed by atoms with Crippen LogP contribution in [-0.2, 0) is 17.9 Å². The number of rotatable bonds is 7. The lowest BCUT2D eigenvalue weighted by atomic mass is 10.1. The number of hydrogen-bond acceptors (Lipinski definition) is 3. The van der Waals surface area contributed by atoms with Gasteiger partial charge in [-0.2, -0.15) is 0 Å². The molecule has 1 heterocycles. The monoisotopic (exact) mass is 367 g/mol. The number of unbranched alkanes of at least 4 members (excludes halogenated alkanes) is 1. The zero-order valence-electron chi connectivity index (χ0n) is 15.2. The molecule has 1 N–H and O–H groups in total. The number of amides is 1. The second-order valence-electron chi connectivity index (χ2n) is 6.51. The summed E-state index contributed by atoms with van der Waals surface area (Å²) < 4.78 is 13.2. The van der Waals surface area contributed by atoms with Crippen LogP contribution < -0.4 is 5.56 Å². The van der Waals surface area contributed by atoms with E-state index in [4.69, 9.17) is 0 Å². The summed E-state index contributed by atoms with van der Waals surface area (Å²) in [5.74, 6) is 0.103. The Morgan fingerprint density at radius 3 is 2.59 bits per heavy atom. The van der Waals surface area contributed by atoms with E-state index in [2.05, 4.69) is 9.97 Å². The van der Waals surface area contributed by atoms with Gasteiger partial charge in [-0.25, -0.2) is 9.37 Å². The minimum Gasteiger partial charge on any atom is -0.331 e. The van der Waals surface area contributed by atoms with Gasteiger partial charge in [0.05, 0.1) is 17.4 Å². The molecule has 27 heavy (non-hydrogen) atoms. The number of H-pyrrole nitrogens is 1. The molecule has 1 amide bonds. The third kappa shape index (κ3) is 4.78. The molecule has 0 aliphatic carbocycles. The molecule has 1 aromatic heterocycles. The third-order valence-electron chi connectivity index (χ3n) is 4.39. The zero-order chi connectivity index (χ0) is 19.2. The quantitative estimate of drug-likeness (QED) is 0.691. The van der Waals surface area contributed by atoms with Crippen molar-refractivity contribution in [1.29, 1.82) is 0 Å². The van der Waals surface area contributed by atoms with Crippen LogP contribution in [0, 0.1) is 5.82 Å². The minimum absolute atomic E-state index is 0.0167. The molecule has 0 radical (unpaired) electrons. The van der Waals surface area contributed by atoms with Gasteiger partial charge in [-0.05, 0) is 36.2 Å². The van der Waals surface area contributed by atoms with E-state index < -0.39 is 0 Å². The number of nitrogens with zero attached hydrogens (tertiary/aromatic N) is 2. The van der Waals surface area contributed by atoms with Crippen LogP contribution in [0.2, 0.25) is 0 Å². The van der Waals surface area contributed by atoms with Gasteiger partial charge in [-0.15, -0.1) is 0 Å². The number of aromatic nitrogens is 2. The van der Waals surface area contributed by atoms with Gasteiger partial charge in [0.15, 0.2) is 0 Å². The smallest absolute Gasteiger partial charge is 0.258 e. The van der Waals surface area contributed by atoms with Crippen LogP contribution in [0.3, 0.4) is 0 Å². The number of fused-ring (bicyclic) bond motifs is 1. The molecule has 5 nitrogen and oxygen atoms in total. The highest BCUT2D eigenvalue weighted by Crippen LogP contribution is 2.13. The Balaban J connectivity index is 1.87. The number of halogens is 1. The topological polar surface area (TPSA) is 66.1 Å². The molecule has 0 aliphatic rings. The number of hydrogen-bond donors (Lipinski definition) is 1. The molecular weight excluding hydrogens is 345 g/mol. The van der Waals surface area contributed by atoms with Crippen molar-refractivity contribution in [1.82, 2.24) is 14.9 Å². The van der Waals surface area contributed by atoms with E-state index in [1.54, 1.807) is 35.2 Å². The van der Waals surface area contributed by atoms with Crippen molar-refractivity contribution in [3.8, 4) is 0 Å². The fourth-order valence-corrected chi connectivity index (χ4v) is 2.92. The number of benzene rings is 2. The molecule has 0 unspecified atom stereocenters. The Kier molecular flexibility index (Phi) is 5.96. The van der Waals surface area contributed by atoms with Crippen molar-refractivity contribution in [2.45, 2.75) is 39.3 Å². The van der Waals surface area contributed by atoms with Gasteiger partial charge in [0.1, 0.15) is 11.6 Å². The Bertz CT molecular complexity index is 983. The molecule has 0 fully saturated rings. The van der Waals surface area contributed by atoms with Crippen LogP contribution in [0.25, 0.3) is 10.9 Å². The molecule has 6 heteroatoms. The van der Waals surface area contributed by atoms with Crippen molar-refractivity contribution < 1.29 is 9.18 Å². The van der Waals surface area contributed by atoms with Gasteiger partial charge in [-0.1, -0.05) is 37.6 Å². The van der Waals surface area contributed by atoms with Gasteiger partial charge in [-0.3, -0.25) is 9.59 Å². The summed E-state index contributed by atoms with van der Waals surface area (Å²) in [6.07, 6.45) is 2.14. The zero-order valence-corrected chi connectivity index (χ0v) is 15.2. The molecule has 0 saturated carbocycles. The lowest BCUT2D eigenvalue weighted by Crippen LogP contribution is -2.31. The highest BCUT2D eigenvalue weighted by Gasteiger charge is 2.16. The van der Waals surface area contributed by atoms with Gasteiger partial charge < -0.3 is 9.88 Å². The van der Waals surface area contributed by atoms with Crippen LogP contribution >= 0.6 is 0 Å². The second kappa shape index (κ2) is 8.58. The van der Waals surface area contributed by atoms with Crippen molar-refractivity contribution in [2.24, 2.45) is 0 Å². The molecule has 3 rings (SSSR count). The number of aromatic amines is 1. The molecule has 3 aromatic rings. The fraction of sp³-hybridized carbons (Fsp3) is 0.286. The predicted molar refractivity (Wildman–Crippen MR) is 103 cm³/mol. The Morgan fingerprint density at radius 1 is 1.11 bits per heavy atom. The minimum atomic E-state index is -0.317. The van der Waals surface area contributed by atoms with E-state index in [0.717, 1.165) is 18.4 Å². The van der Waals surface area contributed by atoms with Crippen molar-refractivity contribution >= 4 is 16.8 Å². The van der Waals surface area contributed by atoms with Crippen LogP contribution in [-0.4, -0.2) is 20.8 Å². The molecular formula is C21H22FN3O2. The molecule has 0 atom stereocenters. The molecule has 0 aliphatic heterocycles. The first-order chi connectivity index (χ1) is 13.1. The summed E-state index contributed by atoms with van der Waals surface area (Å²) in [5.41, 5.74) is 1.20. The normalized spacial score (nSPS) is 10.9. The average Bonchev–Trinajstić information content (AvgIpc) is 2.67. The van der Waals surface area contributed by atoms with Gasteiger partial charge >= 0.3 is 0 Å². The molecule has 0 spiro atoms. The van der Waals surface area contributed by atoms with E-state index in [1.807, 2.05) is 13.0 Å². The summed E-state index contributed by atoms with van der Waals surface area (Å²) in [4.78, 5) is 33.8. The van der Waals surface area contributed by atoms with Crippen molar-refractivity contribution in [3.63, 3.8) is 0 Å². The van der Waals surface area contributed by atoms with E-state index in [-0.39, 0.29) is 23.8 Å². The SMILES string of the molecule is CCCCC(=O)N(Cc1ccc(F)cc1)Cc1nc2ccccc2c(=O)[nH]1. The Labute approximate surface area is 156 Å². The van der Waals surface area contributed by atoms with Crippen molar-refractivity contribution in [3.05, 3.63) is 76.1 Å². The summed E-state index contributed by atoms with van der Waals surface area (Å²) in [7, 11) is 0. The standard InChI is InChI=1S/C21H22FN3O2/c1-2-3-8-20(26)25(13-15-9-11-16(22)12-10-15)14-19-23-18-7-5-4-6-17(18)21(27)24-19/h4-7,9-12H,2-3,8,13-14H2,1H3,(H,23,24,27). The molecule has 0 saturated heterocycles. The average molecular weight is 367 g/mol. The first-order valence-corrected chi connectivity index (χ1v) is 9.07. The second-order valence-corrected chi connectivity index (χ2v) is 6.51. The van der Waals surface area contributed by atoms with Gasteiger partial charge in [0.25, 0.3) is 5.56 Å². The number of para-hydroxylation sites is 1. The summed E-state index contributed by atoms with van der Waals surface area (Å²) in [6.45, 7) is 2.55. The predicted octanol–water partition coefficient (Wildman–Crippen LogP) is 3.78. The highest BCUT2D eigenvalue weighted by molar-refractivity contribution is 5.78. The fourth-order valence-electron chi connectivity index (χ4n) is 2.92. The Hall–Kier alpha value is -3.02. The maximum absolute atomic E-state index is 13.2. The lowest BCUT2D eigenvalue weighted by molar-refractivity contribution is -0.132. The van der Waals surface area contributed by atoms with Gasteiger partial charge in [0.2, 0.25) is 5.91 Å². The lowest BCUT2D eigenvalue weighted by Gasteiger charge is -2.22. The Morgan fingerprint density at radius 2 is 1.85 bits per heavy atom. The van der Waals surface area contributed by atoms with E-state index in [9.17, 15) is 14.0 Å². The van der Waals surface area contributed by atoms with Crippen molar-refractivity contribution in [2.75, 3.05) is 0 Å². The van der Waals surface area contributed by atoms with Crippen LogP contribution in [0.4, 0.5) is 4.39 Å². The first kappa shape index (κ1) is 18.8. The van der Waals surface area contributed by atoms with Crippen LogP contribution in [0.5, 0.6) is 0 Å². The summed E-state index contributed by atoms with van der Waals surface area (Å²) in [5, 5.41) is 0.517. The van der Waals surface area contributed by atoms with E-state index >= 15 is 0 Å². The third-order valence-corrected chi connectivity index (χ3v) is 4.39. The number of nitrogens with one attached hydrogen (secondary N) is 1. The molecule has 140 valence electrons.